The number of morpholine rings is 1. The molecular weight excluding hydrogens is 220 g/mol. The summed E-state index contributed by atoms with van der Waals surface area (Å²) in [7, 11) is 0. The molecule has 5 nitrogen and oxygen atoms in total. The van der Waals surface area contributed by atoms with Crippen molar-refractivity contribution in [1.29, 1.82) is 0 Å². The first kappa shape index (κ1) is 14.4. The van der Waals surface area contributed by atoms with E-state index in [2.05, 4.69) is 11.8 Å². The van der Waals surface area contributed by atoms with Gasteiger partial charge >= 0.3 is 5.97 Å². The molecule has 3 N–H and O–H groups in total. The van der Waals surface area contributed by atoms with Crippen LogP contribution in [0.2, 0.25) is 0 Å². The van der Waals surface area contributed by atoms with E-state index in [1.54, 1.807) is 6.92 Å². The summed E-state index contributed by atoms with van der Waals surface area (Å²) in [5, 5.41) is 8.87. The molecule has 1 heterocycles. The van der Waals surface area contributed by atoms with Crippen LogP contribution in [-0.2, 0) is 9.53 Å². The number of unbranched alkanes of at least 4 members (excludes halogenated alkanes) is 1. The van der Waals surface area contributed by atoms with Crippen molar-refractivity contribution in [1.82, 2.24) is 4.90 Å². The van der Waals surface area contributed by atoms with Crippen LogP contribution in [0.25, 0.3) is 0 Å². The van der Waals surface area contributed by atoms with Gasteiger partial charge in [-0.25, -0.2) is 0 Å². The first-order chi connectivity index (χ1) is 7.92. The number of carboxylic acids is 1. The first-order valence-corrected chi connectivity index (χ1v) is 6.28. The summed E-state index contributed by atoms with van der Waals surface area (Å²) in [4.78, 5) is 13.2. The largest absolute Gasteiger partial charge is 0.480 e. The van der Waals surface area contributed by atoms with Crippen molar-refractivity contribution in [2.75, 3.05) is 26.2 Å². The Morgan fingerprint density at radius 2 is 2.29 bits per heavy atom. The van der Waals surface area contributed by atoms with Crippen molar-refractivity contribution < 1.29 is 14.6 Å². The number of nitrogens with two attached hydrogens (primary N) is 1. The number of carboxylic acid groups (broad SMARTS) is 1. The molecule has 0 amide bonds. The summed E-state index contributed by atoms with van der Waals surface area (Å²) in [6.07, 6.45) is 2.68. The highest BCUT2D eigenvalue weighted by atomic mass is 16.5. The maximum absolute atomic E-state index is 10.8. The molecule has 100 valence electrons. The summed E-state index contributed by atoms with van der Waals surface area (Å²) < 4.78 is 5.46. The van der Waals surface area contributed by atoms with Crippen LogP contribution in [0.5, 0.6) is 0 Å². The van der Waals surface area contributed by atoms with Crippen LogP contribution >= 0.6 is 0 Å². The highest BCUT2D eigenvalue weighted by molar-refractivity contribution is 5.77. The van der Waals surface area contributed by atoms with Gasteiger partial charge in [-0.05, 0) is 39.7 Å². The van der Waals surface area contributed by atoms with E-state index >= 15 is 0 Å². The molecule has 0 radical (unpaired) electrons. The van der Waals surface area contributed by atoms with E-state index in [1.807, 2.05) is 0 Å². The molecule has 1 rings (SSSR count). The minimum atomic E-state index is -1.09. The van der Waals surface area contributed by atoms with E-state index in [1.165, 1.54) is 0 Å². The number of hydrogen-bond acceptors (Lipinski definition) is 4. The average molecular weight is 244 g/mol. The van der Waals surface area contributed by atoms with E-state index in [4.69, 9.17) is 15.6 Å². The fourth-order valence-corrected chi connectivity index (χ4v) is 2.03. The number of ether oxygens (including phenoxy) is 1. The second kappa shape index (κ2) is 6.33. The van der Waals surface area contributed by atoms with Gasteiger partial charge in [-0.1, -0.05) is 0 Å². The lowest BCUT2D eigenvalue weighted by Crippen LogP contribution is -2.45. The molecule has 2 unspecified atom stereocenters. The highest BCUT2D eigenvalue weighted by Gasteiger charge is 2.27. The van der Waals surface area contributed by atoms with Crippen molar-refractivity contribution >= 4 is 5.97 Å². The Labute approximate surface area is 103 Å². The van der Waals surface area contributed by atoms with Gasteiger partial charge in [0.25, 0.3) is 0 Å². The van der Waals surface area contributed by atoms with Crippen molar-refractivity contribution in [3.63, 3.8) is 0 Å². The number of nitrogens with zero attached hydrogens (tertiary/aromatic N) is 1. The van der Waals surface area contributed by atoms with Crippen LogP contribution in [0.15, 0.2) is 0 Å². The predicted molar refractivity (Wildman–Crippen MR) is 65.9 cm³/mol. The smallest absolute Gasteiger partial charge is 0.323 e. The summed E-state index contributed by atoms with van der Waals surface area (Å²) in [6.45, 7) is 7.40. The Hall–Kier alpha value is -0.650. The molecule has 0 aromatic carbocycles. The van der Waals surface area contributed by atoms with E-state index in [0.29, 0.717) is 12.5 Å². The highest BCUT2D eigenvalue weighted by Crippen LogP contribution is 2.12. The van der Waals surface area contributed by atoms with Crippen molar-refractivity contribution in [3.05, 3.63) is 0 Å². The molecule has 0 aromatic rings. The molecule has 0 aromatic heterocycles. The fraction of sp³-hybridized carbons (Fsp3) is 0.917. The molecule has 1 saturated heterocycles. The predicted octanol–water partition coefficient (Wildman–Crippen LogP) is 0.679. The number of hydrogen-bond donors (Lipinski definition) is 2. The number of rotatable bonds is 6. The molecule has 0 saturated carbocycles. The van der Waals surface area contributed by atoms with Crippen LogP contribution in [0.3, 0.4) is 0 Å². The zero-order valence-corrected chi connectivity index (χ0v) is 10.8. The lowest BCUT2D eigenvalue weighted by molar-refractivity contribution is -0.142. The van der Waals surface area contributed by atoms with Crippen molar-refractivity contribution in [2.45, 2.75) is 44.8 Å². The molecule has 1 aliphatic heterocycles. The van der Waals surface area contributed by atoms with Gasteiger partial charge < -0.3 is 15.6 Å². The van der Waals surface area contributed by atoms with E-state index in [0.717, 1.165) is 39.1 Å². The van der Waals surface area contributed by atoms with Gasteiger partial charge in [-0.3, -0.25) is 9.69 Å². The van der Waals surface area contributed by atoms with Crippen molar-refractivity contribution in [3.8, 4) is 0 Å². The molecule has 0 bridgehead atoms. The Bertz CT molecular complexity index is 256. The van der Waals surface area contributed by atoms with Gasteiger partial charge in [0.05, 0.1) is 12.7 Å². The molecular formula is C12H24N2O3. The van der Waals surface area contributed by atoms with Crippen LogP contribution in [0.1, 0.15) is 33.1 Å². The molecule has 17 heavy (non-hydrogen) atoms. The Morgan fingerprint density at radius 3 is 2.88 bits per heavy atom. The van der Waals surface area contributed by atoms with Crippen LogP contribution in [-0.4, -0.2) is 53.9 Å². The van der Waals surface area contributed by atoms with Gasteiger partial charge in [-0.2, -0.15) is 0 Å². The topological polar surface area (TPSA) is 75.8 Å². The summed E-state index contributed by atoms with van der Waals surface area (Å²) in [5.41, 5.74) is 4.58. The third kappa shape index (κ3) is 5.02. The van der Waals surface area contributed by atoms with Gasteiger partial charge in [0, 0.05) is 13.1 Å². The third-order valence-electron chi connectivity index (χ3n) is 3.23. The maximum Gasteiger partial charge on any atom is 0.323 e. The minimum Gasteiger partial charge on any atom is -0.480 e. The summed E-state index contributed by atoms with van der Waals surface area (Å²) in [6, 6.07) is 0. The average Bonchev–Trinajstić information content (AvgIpc) is 2.24. The van der Waals surface area contributed by atoms with Gasteiger partial charge in [-0.15, -0.1) is 0 Å². The SMILES string of the molecule is CC1CN(CCCCC(C)(N)C(=O)O)CCO1. The standard InChI is InChI=1S/C12H24N2O3/c1-10-9-14(7-8-17-10)6-4-3-5-12(2,13)11(15)16/h10H,3-9,13H2,1-2H3,(H,15,16). The lowest BCUT2D eigenvalue weighted by Gasteiger charge is -2.31. The lowest BCUT2D eigenvalue weighted by atomic mass is 9.96. The Morgan fingerprint density at radius 1 is 1.59 bits per heavy atom. The van der Waals surface area contributed by atoms with E-state index < -0.39 is 11.5 Å². The monoisotopic (exact) mass is 244 g/mol. The van der Waals surface area contributed by atoms with Gasteiger partial charge in [0.15, 0.2) is 0 Å². The number of carbonyl (C=O) groups is 1. The quantitative estimate of drug-likeness (QED) is 0.672. The third-order valence-corrected chi connectivity index (χ3v) is 3.23. The molecule has 1 aliphatic rings. The van der Waals surface area contributed by atoms with Crippen molar-refractivity contribution in [2.24, 2.45) is 5.73 Å². The molecule has 5 heteroatoms. The van der Waals surface area contributed by atoms with Crippen LogP contribution in [0.4, 0.5) is 0 Å². The van der Waals surface area contributed by atoms with Crippen LogP contribution < -0.4 is 5.73 Å². The van der Waals surface area contributed by atoms with E-state index in [-0.39, 0.29) is 0 Å². The number of aliphatic carboxylic acids is 1. The normalized spacial score (nSPS) is 25.5. The second-order valence-electron chi connectivity index (χ2n) is 5.16. The summed E-state index contributed by atoms with van der Waals surface area (Å²) >= 11 is 0. The van der Waals surface area contributed by atoms with Gasteiger partial charge in [0.1, 0.15) is 5.54 Å². The Balaban J connectivity index is 2.13. The molecule has 2 atom stereocenters. The zero-order chi connectivity index (χ0) is 12.9. The molecule has 1 fully saturated rings. The molecule has 0 aliphatic carbocycles. The summed E-state index contributed by atoms with van der Waals surface area (Å²) in [5.74, 6) is -0.919. The maximum atomic E-state index is 10.8. The first-order valence-electron chi connectivity index (χ1n) is 6.28. The fourth-order valence-electron chi connectivity index (χ4n) is 2.03. The van der Waals surface area contributed by atoms with E-state index in [9.17, 15) is 4.79 Å². The van der Waals surface area contributed by atoms with Crippen LogP contribution in [0, 0.1) is 0 Å². The minimum absolute atomic E-state index is 0.308. The molecule has 0 spiro atoms. The zero-order valence-electron chi connectivity index (χ0n) is 10.8. The second-order valence-corrected chi connectivity index (χ2v) is 5.16. The Kier molecular flexibility index (Phi) is 5.36. The van der Waals surface area contributed by atoms with Gasteiger partial charge in [0.2, 0.25) is 0 Å².